The average Bonchev–Trinajstić information content (AvgIpc) is 3.19. The molecule has 0 aliphatic carbocycles. The zero-order valence-corrected chi connectivity index (χ0v) is 17.9. The van der Waals surface area contributed by atoms with Crippen molar-refractivity contribution >= 4 is 17.0 Å². The van der Waals surface area contributed by atoms with Gasteiger partial charge in [-0.25, -0.2) is 14.8 Å². The maximum Gasteiger partial charge on any atom is 0.387 e. The van der Waals surface area contributed by atoms with Crippen molar-refractivity contribution in [3.05, 3.63) is 83.4 Å². The number of imidazole rings is 1. The molecule has 2 aromatic heterocycles. The van der Waals surface area contributed by atoms with Crippen LogP contribution in [0.3, 0.4) is 0 Å². The Labute approximate surface area is 193 Å². The van der Waals surface area contributed by atoms with Crippen molar-refractivity contribution in [1.82, 2.24) is 14.5 Å². The molecule has 4 rings (SSSR count). The molecule has 10 heteroatoms. The zero-order valence-electron chi connectivity index (χ0n) is 17.9. The van der Waals surface area contributed by atoms with Crippen LogP contribution in [0.2, 0.25) is 0 Å². The van der Waals surface area contributed by atoms with Gasteiger partial charge >= 0.3 is 12.6 Å². The van der Waals surface area contributed by atoms with Crippen molar-refractivity contribution in [3.63, 3.8) is 0 Å². The van der Waals surface area contributed by atoms with Gasteiger partial charge in [0.25, 0.3) is 0 Å². The normalized spacial score (nSPS) is 10.8. The van der Waals surface area contributed by atoms with Crippen molar-refractivity contribution in [2.24, 2.45) is 0 Å². The maximum atomic E-state index is 12.9. The highest BCUT2D eigenvalue weighted by Crippen LogP contribution is 2.26. The van der Waals surface area contributed by atoms with Gasteiger partial charge in [-0.2, -0.15) is 14.0 Å². The number of fused-ring (bicyclic) bond motifs is 1. The molecule has 0 aliphatic heterocycles. The van der Waals surface area contributed by atoms with Gasteiger partial charge in [0.05, 0.1) is 36.3 Å². The number of halogens is 2. The number of carbonyl (C=O) groups excluding carboxylic acids is 1. The summed E-state index contributed by atoms with van der Waals surface area (Å²) in [5, 5.41) is 9.32. The van der Waals surface area contributed by atoms with Gasteiger partial charge in [0.2, 0.25) is 0 Å². The van der Waals surface area contributed by atoms with Gasteiger partial charge in [-0.1, -0.05) is 18.2 Å². The lowest BCUT2D eigenvalue weighted by Gasteiger charge is -2.14. The van der Waals surface area contributed by atoms with Gasteiger partial charge in [-0.05, 0) is 30.3 Å². The Bertz CT molecular complexity index is 1380. The molecule has 172 valence electrons. The van der Waals surface area contributed by atoms with Gasteiger partial charge in [0.1, 0.15) is 23.9 Å². The van der Waals surface area contributed by atoms with Crippen LogP contribution in [0.25, 0.3) is 11.0 Å². The molecular formula is C24H18F2N4O4. The van der Waals surface area contributed by atoms with Crippen LogP contribution in [0.1, 0.15) is 27.4 Å². The standard InChI is InChI=1S/C24H18F2N4O4/c1-32-23(31)19-11-17(8-9-28-19)33-14-22-29-18-7-6-15(12-27)10-20(18)30(22)13-16-4-2-3-5-21(16)34-24(25)26/h2-11,24H,13-14H2,1H3. The van der Waals surface area contributed by atoms with Crippen LogP contribution in [0.4, 0.5) is 8.78 Å². The third-order valence-electron chi connectivity index (χ3n) is 4.97. The molecule has 0 bridgehead atoms. The average molecular weight is 464 g/mol. The number of esters is 1. The molecule has 8 nitrogen and oxygen atoms in total. The lowest BCUT2D eigenvalue weighted by Crippen LogP contribution is -2.11. The molecule has 0 unspecified atom stereocenters. The summed E-state index contributed by atoms with van der Waals surface area (Å²) < 4.78 is 42.7. The van der Waals surface area contributed by atoms with Gasteiger partial charge < -0.3 is 18.8 Å². The van der Waals surface area contributed by atoms with E-state index in [2.05, 4.69) is 25.5 Å². The van der Waals surface area contributed by atoms with Gasteiger partial charge in [-0.3, -0.25) is 0 Å². The van der Waals surface area contributed by atoms with E-state index in [1.54, 1.807) is 47.0 Å². The second-order valence-corrected chi connectivity index (χ2v) is 7.07. The van der Waals surface area contributed by atoms with Crippen LogP contribution in [-0.2, 0) is 17.9 Å². The largest absolute Gasteiger partial charge is 0.486 e. The number of hydrogen-bond donors (Lipinski definition) is 0. The minimum absolute atomic E-state index is 0.000928. The smallest absolute Gasteiger partial charge is 0.387 e. The number of aromatic nitrogens is 3. The van der Waals surface area contributed by atoms with E-state index < -0.39 is 12.6 Å². The quantitative estimate of drug-likeness (QED) is 0.358. The number of nitriles is 1. The molecule has 0 radical (unpaired) electrons. The van der Waals surface area contributed by atoms with E-state index in [-0.39, 0.29) is 24.6 Å². The van der Waals surface area contributed by atoms with Crippen molar-refractivity contribution < 1.29 is 27.8 Å². The summed E-state index contributed by atoms with van der Waals surface area (Å²) in [5.41, 5.74) is 2.26. The number of para-hydroxylation sites is 1. The van der Waals surface area contributed by atoms with Crippen LogP contribution in [-0.4, -0.2) is 34.2 Å². The molecule has 0 atom stereocenters. The van der Waals surface area contributed by atoms with E-state index in [0.29, 0.717) is 33.7 Å². The first-order valence-corrected chi connectivity index (χ1v) is 10.1. The predicted octanol–water partition coefficient (Wildman–Crippen LogP) is 4.32. The highest BCUT2D eigenvalue weighted by Gasteiger charge is 2.17. The lowest BCUT2D eigenvalue weighted by atomic mass is 10.2. The second-order valence-electron chi connectivity index (χ2n) is 7.07. The first-order valence-electron chi connectivity index (χ1n) is 10.1. The lowest BCUT2D eigenvalue weighted by molar-refractivity contribution is -0.0504. The molecule has 4 aromatic rings. The number of rotatable bonds is 8. The van der Waals surface area contributed by atoms with Crippen molar-refractivity contribution in [3.8, 4) is 17.6 Å². The maximum absolute atomic E-state index is 12.9. The number of carbonyl (C=O) groups is 1. The first kappa shape index (κ1) is 22.7. The van der Waals surface area contributed by atoms with E-state index in [1.165, 1.54) is 25.4 Å². The minimum atomic E-state index is -2.97. The second kappa shape index (κ2) is 9.95. The zero-order chi connectivity index (χ0) is 24.1. The van der Waals surface area contributed by atoms with E-state index in [1.807, 2.05) is 0 Å². The molecular weight excluding hydrogens is 446 g/mol. The topological polar surface area (TPSA) is 99.3 Å². The summed E-state index contributed by atoms with van der Waals surface area (Å²) in [6.07, 6.45) is 1.42. The van der Waals surface area contributed by atoms with Gasteiger partial charge in [0, 0.05) is 17.8 Å². The number of hydrogen-bond acceptors (Lipinski definition) is 7. The number of alkyl halides is 2. The molecule has 0 fully saturated rings. The summed E-state index contributed by atoms with van der Waals surface area (Å²) >= 11 is 0. The Morgan fingerprint density at radius 2 is 2.00 bits per heavy atom. The predicted molar refractivity (Wildman–Crippen MR) is 117 cm³/mol. The van der Waals surface area contributed by atoms with Crippen molar-refractivity contribution in [1.29, 1.82) is 5.26 Å². The van der Waals surface area contributed by atoms with Gasteiger partial charge in [-0.15, -0.1) is 0 Å². The van der Waals surface area contributed by atoms with Crippen LogP contribution < -0.4 is 9.47 Å². The molecule has 34 heavy (non-hydrogen) atoms. The number of benzene rings is 2. The Morgan fingerprint density at radius 3 is 2.76 bits per heavy atom. The fourth-order valence-corrected chi connectivity index (χ4v) is 3.41. The molecule has 2 heterocycles. The van der Waals surface area contributed by atoms with Crippen molar-refractivity contribution in [2.75, 3.05) is 7.11 Å². The molecule has 0 spiro atoms. The fraction of sp³-hybridized carbons (Fsp3) is 0.167. The Kier molecular flexibility index (Phi) is 6.64. The third kappa shape index (κ3) is 4.94. The Hall–Kier alpha value is -4.52. The number of ether oxygens (including phenoxy) is 3. The Balaban J connectivity index is 1.70. The minimum Gasteiger partial charge on any atom is -0.486 e. The SMILES string of the molecule is COC(=O)c1cc(OCc2nc3ccc(C#N)cc3n2Cc2ccccc2OC(F)F)ccn1. The van der Waals surface area contributed by atoms with Crippen molar-refractivity contribution in [2.45, 2.75) is 19.8 Å². The molecule has 0 saturated carbocycles. The summed E-state index contributed by atoms with van der Waals surface area (Å²) in [4.78, 5) is 20.3. The van der Waals surface area contributed by atoms with E-state index in [4.69, 9.17) is 4.74 Å². The monoisotopic (exact) mass is 464 g/mol. The summed E-state index contributed by atoms with van der Waals surface area (Å²) in [7, 11) is 1.25. The molecule has 0 amide bonds. The van der Waals surface area contributed by atoms with Crippen LogP contribution >= 0.6 is 0 Å². The highest BCUT2D eigenvalue weighted by molar-refractivity contribution is 5.87. The van der Waals surface area contributed by atoms with E-state index >= 15 is 0 Å². The van der Waals surface area contributed by atoms with Crippen LogP contribution in [0.5, 0.6) is 11.5 Å². The van der Waals surface area contributed by atoms with Gasteiger partial charge in [0.15, 0.2) is 5.69 Å². The number of nitrogens with zero attached hydrogens (tertiary/aromatic N) is 4. The number of pyridine rings is 1. The van der Waals surface area contributed by atoms with Crippen LogP contribution in [0, 0.1) is 11.3 Å². The fourth-order valence-electron chi connectivity index (χ4n) is 3.41. The first-order chi connectivity index (χ1) is 16.5. The third-order valence-corrected chi connectivity index (χ3v) is 4.97. The summed E-state index contributed by atoms with van der Waals surface area (Å²) in [5.74, 6) is 0.290. The van der Waals surface area contributed by atoms with E-state index in [0.717, 1.165) is 0 Å². The van der Waals surface area contributed by atoms with E-state index in [9.17, 15) is 18.8 Å². The molecule has 0 saturated heterocycles. The molecule has 0 N–H and O–H groups in total. The molecule has 2 aromatic carbocycles. The van der Waals surface area contributed by atoms with Crippen LogP contribution in [0.15, 0.2) is 60.8 Å². The summed E-state index contributed by atoms with van der Waals surface area (Å²) in [6, 6.07) is 16.6. The number of methoxy groups -OCH3 is 1. The highest BCUT2D eigenvalue weighted by atomic mass is 19.3. The summed E-state index contributed by atoms with van der Waals surface area (Å²) in [6.45, 7) is -2.82. The molecule has 0 aliphatic rings. The Morgan fingerprint density at radius 1 is 1.18 bits per heavy atom.